The number of para-hydroxylation sites is 2. The van der Waals surface area contributed by atoms with Crippen molar-refractivity contribution in [2.75, 3.05) is 27.1 Å². The number of carbonyl (C=O) groups excluding carboxylic acids is 1. The van der Waals surface area contributed by atoms with Crippen molar-refractivity contribution in [3.63, 3.8) is 0 Å². The Kier molecular flexibility index (Phi) is 7.86. The van der Waals surface area contributed by atoms with Gasteiger partial charge in [0, 0.05) is 5.56 Å². The highest BCUT2D eigenvalue weighted by Crippen LogP contribution is 2.39. The second kappa shape index (κ2) is 11.4. The van der Waals surface area contributed by atoms with E-state index >= 15 is 0 Å². The molecule has 0 fully saturated rings. The number of carbonyl (C=O) groups is 1. The molecule has 184 valence electrons. The molecule has 0 aliphatic carbocycles. The molecule has 0 aliphatic rings. The Morgan fingerprint density at radius 3 is 2.42 bits per heavy atom. The number of hydrogen-bond donors (Lipinski definition) is 1. The third-order valence-electron chi connectivity index (χ3n) is 5.22. The molecular weight excluding hydrogens is 480 g/mol. The van der Waals surface area contributed by atoms with Gasteiger partial charge < -0.3 is 14.2 Å². The fourth-order valence-corrected chi connectivity index (χ4v) is 4.38. The van der Waals surface area contributed by atoms with E-state index in [4.69, 9.17) is 14.2 Å². The third-order valence-corrected chi connectivity index (χ3v) is 6.16. The van der Waals surface area contributed by atoms with Gasteiger partial charge in [-0.05, 0) is 36.4 Å². The summed E-state index contributed by atoms with van der Waals surface area (Å²) in [6, 6.07) is 19.8. The monoisotopic (exact) mass is 504 g/mol. The van der Waals surface area contributed by atoms with Crippen molar-refractivity contribution in [3.05, 3.63) is 82.6 Å². The van der Waals surface area contributed by atoms with Crippen LogP contribution in [0.15, 0.2) is 81.8 Å². The molecule has 36 heavy (non-hydrogen) atoms. The van der Waals surface area contributed by atoms with Crippen LogP contribution in [0.4, 0.5) is 0 Å². The first-order valence-corrected chi connectivity index (χ1v) is 11.9. The van der Waals surface area contributed by atoms with Gasteiger partial charge in [0.05, 0.1) is 49.9 Å². The van der Waals surface area contributed by atoms with Gasteiger partial charge in [-0.3, -0.25) is 14.2 Å². The number of benzene rings is 3. The average Bonchev–Trinajstić information content (AvgIpc) is 2.92. The predicted molar refractivity (Wildman–Crippen MR) is 140 cm³/mol. The van der Waals surface area contributed by atoms with E-state index in [2.05, 4.69) is 15.5 Å². The fourth-order valence-electron chi connectivity index (χ4n) is 3.58. The zero-order chi connectivity index (χ0) is 25.5. The number of methoxy groups -OCH3 is 3. The minimum atomic E-state index is -0.363. The Morgan fingerprint density at radius 1 is 0.972 bits per heavy atom. The topological polar surface area (TPSA) is 104 Å². The van der Waals surface area contributed by atoms with E-state index < -0.39 is 0 Å². The second-order valence-corrected chi connectivity index (χ2v) is 8.34. The van der Waals surface area contributed by atoms with Gasteiger partial charge in [-0.15, -0.1) is 0 Å². The molecule has 0 saturated heterocycles. The molecule has 0 unspecified atom stereocenters. The van der Waals surface area contributed by atoms with Crippen LogP contribution in [0.25, 0.3) is 16.6 Å². The van der Waals surface area contributed by atoms with Gasteiger partial charge in [0.15, 0.2) is 16.7 Å². The van der Waals surface area contributed by atoms with E-state index in [9.17, 15) is 9.59 Å². The average molecular weight is 505 g/mol. The number of amides is 1. The third kappa shape index (κ3) is 5.18. The molecule has 1 heterocycles. The predicted octanol–water partition coefficient (Wildman–Crippen LogP) is 3.65. The van der Waals surface area contributed by atoms with E-state index in [1.165, 1.54) is 32.1 Å². The number of fused-ring (bicyclic) bond motifs is 1. The lowest BCUT2D eigenvalue weighted by Gasteiger charge is -2.13. The number of thioether (sulfide) groups is 1. The van der Waals surface area contributed by atoms with Crippen molar-refractivity contribution in [1.82, 2.24) is 15.0 Å². The summed E-state index contributed by atoms with van der Waals surface area (Å²) in [5, 5.41) is 4.95. The minimum Gasteiger partial charge on any atom is -0.493 e. The number of nitrogens with one attached hydrogen (secondary N) is 1. The van der Waals surface area contributed by atoms with E-state index in [1.807, 2.05) is 36.4 Å². The fraction of sp³-hybridized carbons (Fsp3) is 0.154. The molecule has 1 aromatic heterocycles. The highest BCUT2D eigenvalue weighted by Gasteiger charge is 2.16. The molecule has 0 atom stereocenters. The molecular formula is C26H24N4O5S. The zero-order valence-electron chi connectivity index (χ0n) is 19.9. The van der Waals surface area contributed by atoms with Gasteiger partial charge in [-0.1, -0.05) is 42.1 Å². The largest absolute Gasteiger partial charge is 0.493 e. The first kappa shape index (κ1) is 24.8. The van der Waals surface area contributed by atoms with E-state index in [0.717, 1.165) is 11.8 Å². The van der Waals surface area contributed by atoms with Crippen molar-refractivity contribution in [2.24, 2.45) is 5.10 Å². The van der Waals surface area contributed by atoms with Crippen LogP contribution in [0.5, 0.6) is 17.2 Å². The molecule has 4 rings (SSSR count). The molecule has 0 saturated carbocycles. The zero-order valence-corrected chi connectivity index (χ0v) is 20.7. The molecule has 3 aromatic carbocycles. The molecule has 0 spiro atoms. The van der Waals surface area contributed by atoms with Gasteiger partial charge >= 0.3 is 0 Å². The molecule has 0 aliphatic heterocycles. The second-order valence-electron chi connectivity index (χ2n) is 7.39. The maximum absolute atomic E-state index is 13.2. The van der Waals surface area contributed by atoms with Gasteiger partial charge in [-0.25, -0.2) is 10.4 Å². The molecule has 9 nitrogen and oxygen atoms in total. The first-order chi connectivity index (χ1) is 17.6. The maximum atomic E-state index is 13.2. The normalized spacial score (nSPS) is 11.0. The van der Waals surface area contributed by atoms with Crippen LogP contribution in [0.3, 0.4) is 0 Å². The van der Waals surface area contributed by atoms with Crippen molar-refractivity contribution < 1.29 is 19.0 Å². The van der Waals surface area contributed by atoms with Crippen LogP contribution >= 0.6 is 11.8 Å². The molecule has 0 bridgehead atoms. The van der Waals surface area contributed by atoms with E-state index in [-0.39, 0.29) is 17.2 Å². The van der Waals surface area contributed by atoms with Crippen molar-refractivity contribution in [3.8, 4) is 22.9 Å². The van der Waals surface area contributed by atoms with Crippen molar-refractivity contribution >= 4 is 34.8 Å². The maximum Gasteiger partial charge on any atom is 0.266 e. The number of aromatic nitrogens is 2. The summed E-state index contributed by atoms with van der Waals surface area (Å²) in [6.45, 7) is 0. The summed E-state index contributed by atoms with van der Waals surface area (Å²) in [7, 11) is 4.55. The van der Waals surface area contributed by atoms with E-state index in [1.54, 1.807) is 30.3 Å². The van der Waals surface area contributed by atoms with Crippen LogP contribution in [-0.4, -0.2) is 48.8 Å². The molecule has 4 aromatic rings. The standard InChI is InChI=1S/C26H24N4O5S/c1-33-21-14-13-17(23(34-2)24(21)35-3)15-27-29-22(31)16-36-26-28-20-12-8-7-11-19(20)25(32)30(26)18-9-5-4-6-10-18/h4-15H,16H2,1-3H3,(H,29,31)/b27-15+. The van der Waals surface area contributed by atoms with Gasteiger partial charge in [0.25, 0.3) is 11.5 Å². The molecule has 0 radical (unpaired) electrons. The molecule has 1 N–H and O–H groups in total. The summed E-state index contributed by atoms with van der Waals surface area (Å²) in [4.78, 5) is 30.4. The number of hydrogen-bond acceptors (Lipinski definition) is 8. The number of hydrazone groups is 1. The lowest BCUT2D eigenvalue weighted by atomic mass is 10.2. The highest BCUT2D eigenvalue weighted by molar-refractivity contribution is 7.99. The Hall–Kier alpha value is -4.31. The van der Waals surface area contributed by atoms with Crippen LogP contribution in [0.1, 0.15) is 5.56 Å². The Balaban J connectivity index is 1.53. The summed E-state index contributed by atoms with van der Waals surface area (Å²) in [5.74, 6) is 0.999. The van der Waals surface area contributed by atoms with Crippen LogP contribution in [0.2, 0.25) is 0 Å². The summed E-state index contributed by atoms with van der Waals surface area (Å²) in [5.41, 5.74) is 4.13. The molecule has 10 heteroatoms. The van der Waals surface area contributed by atoms with E-state index in [0.29, 0.717) is 44.6 Å². The smallest absolute Gasteiger partial charge is 0.266 e. The Morgan fingerprint density at radius 2 is 1.69 bits per heavy atom. The highest BCUT2D eigenvalue weighted by atomic mass is 32.2. The molecule has 1 amide bonds. The number of rotatable bonds is 9. The summed E-state index contributed by atoms with van der Waals surface area (Å²) >= 11 is 1.15. The summed E-state index contributed by atoms with van der Waals surface area (Å²) in [6.07, 6.45) is 1.46. The van der Waals surface area contributed by atoms with Crippen molar-refractivity contribution in [1.29, 1.82) is 0 Å². The van der Waals surface area contributed by atoms with Gasteiger partial charge in [0.2, 0.25) is 5.75 Å². The first-order valence-electron chi connectivity index (χ1n) is 10.9. The number of nitrogens with zero attached hydrogens (tertiary/aromatic N) is 3. The van der Waals surface area contributed by atoms with Crippen molar-refractivity contribution in [2.45, 2.75) is 5.16 Å². The van der Waals surface area contributed by atoms with Gasteiger partial charge in [0.1, 0.15) is 0 Å². The lowest BCUT2D eigenvalue weighted by molar-refractivity contribution is -0.118. The van der Waals surface area contributed by atoms with Gasteiger partial charge in [-0.2, -0.15) is 5.10 Å². The van der Waals surface area contributed by atoms with Crippen LogP contribution < -0.4 is 25.2 Å². The quantitative estimate of drug-likeness (QED) is 0.161. The van der Waals surface area contributed by atoms with Crippen LogP contribution in [0, 0.1) is 0 Å². The summed E-state index contributed by atoms with van der Waals surface area (Å²) < 4.78 is 17.6. The Labute approximate surface area is 211 Å². The Bertz CT molecular complexity index is 1470. The SMILES string of the molecule is COc1ccc(/C=N/NC(=O)CSc2nc3ccccc3c(=O)n2-c2ccccc2)c(OC)c1OC. The number of ether oxygens (including phenoxy) is 3. The van der Waals surface area contributed by atoms with Crippen LogP contribution in [-0.2, 0) is 4.79 Å². The lowest BCUT2D eigenvalue weighted by Crippen LogP contribution is -2.24. The minimum absolute atomic E-state index is 0.00196.